The van der Waals surface area contributed by atoms with Crippen molar-refractivity contribution >= 4 is 17.2 Å². The van der Waals surface area contributed by atoms with E-state index in [0.717, 1.165) is 43.6 Å². The Balaban J connectivity index is 0.915. The van der Waals surface area contributed by atoms with Gasteiger partial charge in [-0.15, -0.1) is 0 Å². The second kappa shape index (κ2) is 14.3. The Morgan fingerprint density at radius 1 is 0.904 bits per heavy atom. The molecule has 3 aromatic carbocycles. The summed E-state index contributed by atoms with van der Waals surface area (Å²) >= 11 is 0. The minimum absolute atomic E-state index is 0.0230. The van der Waals surface area contributed by atoms with Gasteiger partial charge in [-0.05, 0) is 60.7 Å². The van der Waals surface area contributed by atoms with Crippen LogP contribution in [0.5, 0.6) is 5.75 Å². The maximum absolute atomic E-state index is 14.9. The Hall–Kier alpha value is -5.41. The van der Waals surface area contributed by atoms with Gasteiger partial charge in [0.2, 0.25) is 5.79 Å². The van der Waals surface area contributed by atoms with Crippen LogP contribution in [-0.2, 0) is 33.1 Å². The van der Waals surface area contributed by atoms with Crippen molar-refractivity contribution in [2.75, 3.05) is 49.2 Å². The predicted octanol–water partition coefficient (Wildman–Crippen LogP) is 4.19. The molecule has 2 aromatic heterocycles. The minimum Gasteiger partial charge on any atom is -0.491 e. The second-order valence-electron chi connectivity index (χ2n) is 13.9. The molecule has 5 aromatic rings. The molecule has 0 N–H and O–H groups in total. The van der Waals surface area contributed by atoms with Crippen LogP contribution < -0.4 is 20.2 Å². The van der Waals surface area contributed by atoms with Crippen LogP contribution in [0.3, 0.4) is 0 Å². The standard InChI is InChI=1S/C37H40F2N8O5/c1-36(2,3)34(48)19-47-35(49)46(25-42-47)29-7-5-27(6-8-29)43-14-16-44(17-15-43)28-9-11-30(12-10-28)50-20-31-21-51-37(52-31,22-45-24-40-23-41-45)32-13-4-26(38)18-33(32)39/h4-13,18,23-25,31H,14-17,19-22H2,1-3H3. The zero-order valence-corrected chi connectivity index (χ0v) is 29.2. The Bertz CT molecular complexity index is 2050. The van der Waals surface area contributed by atoms with E-state index < -0.39 is 28.9 Å². The maximum Gasteiger partial charge on any atom is 0.350 e. The summed E-state index contributed by atoms with van der Waals surface area (Å²) in [5.41, 5.74) is 1.98. The third-order valence-corrected chi connectivity index (χ3v) is 9.31. The quantitative estimate of drug-likeness (QED) is 0.197. The summed E-state index contributed by atoms with van der Waals surface area (Å²) in [5, 5.41) is 8.25. The number of carbonyl (C=O) groups is 1. The smallest absolute Gasteiger partial charge is 0.350 e. The zero-order chi connectivity index (χ0) is 36.5. The van der Waals surface area contributed by atoms with Crippen LogP contribution >= 0.6 is 0 Å². The molecule has 15 heteroatoms. The van der Waals surface area contributed by atoms with Gasteiger partial charge in [-0.25, -0.2) is 32.5 Å². The molecule has 2 unspecified atom stereocenters. The first-order valence-corrected chi connectivity index (χ1v) is 17.1. The van der Waals surface area contributed by atoms with Crippen molar-refractivity contribution < 1.29 is 27.8 Å². The van der Waals surface area contributed by atoms with E-state index in [1.54, 1.807) is 0 Å². The molecule has 13 nitrogen and oxygen atoms in total. The number of ketones is 1. The van der Waals surface area contributed by atoms with E-state index in [1.165, 1.54) is 45.0 Å². The van der Waals surface area contributed by atoms with Crippen molar-refractivity contribution in [2.24, 2.45) is 5.41 Å². The Morgan fingerprint density at radius 2 is 1.56 bits per heavy atom. The van der Waals surface area contributed by atoms with E-state index in [1.807, 2.05) is 69.3 Å². The fourth-order valence-electron chi connectivity index (χ4n) is 6.27. The Kier molecular flexibility index (Phi) is 9.63. The van der Waals surface area contributed by atoms with E-state index >= 15 is 0 Å². The van der Waals surface area contributed by atoms with Gasteiger partial charge in [0.25, 0.3) is 0 Å². The lowest BCUT2D eigenvalue weighted by Crippen LogP contribution is -2.46. The summed E-state index contributed by atoms with van der Waals surface area (Å²) in [6.07, 6.45) is 3.77. The van der Waals surface area contributed by atoms with Gasteiger partial charge in [-0.2, -0.15) is 10.2 Å². The number of piperazine rings is 1. The predicted molar refractivity (Wildman–Crippen MR) is 188 cm³/mol. The van der Waals surface area contributed by atoms with Crippen LogP contribution in [0.2, 0.25) is 0 Å². The summed E-state index contributed by atoms with van der Waals surface area (Å²) in [5.74, 6) is -2.40. The number of benzene rings is 3. The highest BCUT2D eigenvalue weighted by Gasteiger charge is 2.46. The average molecular weight is 715 g/mol. The van der Waals surface area contributed by atoms with E-state index in [0.29, 0.717) is 11.4 Å². The van der Waals surface area contributed by atoms with Crippen LogP contribution in [0, 0.1) is 17.0 Å². The van der Waals surface area contributed by atoms with Crippen LogP contribution in [-0.4, -0.2) is 80.4 Å². The lowest BCUT2D eigenvalue weighted by Gasteiger charge is -2.37. The molecule has 2 atom stereocenters. The van der Waals surface area contributed by atoms with E-state index in [-0.39, 0.29) is 43.3 Å². The first-order valence-electron chi connectivity index (χ1n) is 17.1. The topological polar surface area (TPSA) is 122 Å². The number of nitrogens with zero attached hydrogens (tertiary/aromatic N) is 8. The largest absolute Gasteiger partial charge is 0.491 e. The van der Waals surface area contributed by atoms with Crippen molar-refractivity contribution in [3.63, 3.8) is 0 Å². The Labute approximate surface area is 299 Å². The van der Waals surface area contributed by atoms with E-state index in [2.05, 4.69) is 25.0 Å². The SMILES string of the molecule is CC(C)(C)C(=O)Cn1ncn(-c2ccc(N3CCN(c4ccc(OCC5COC(Cn6cncn6)(c6ccc(F)cc6F)O5)cc4)CC3)cc2)c1=O. The molecule has 2 fully saturated rings. The van der Waals surface area contributed by atoms with Gasteiger partial charge in [0.1, 0.15) is 62.2 Å². The molecule has 272 valence electrons. The van der Waals surface area contributed by atoms with Gasteiger partial charge in [-0.1, -0.05) is 20.8 Å². The molecular weight excluding hydrogens is 674 g/mol. The maximum atomic E-state index is 14.9. The highest BCUT2D eigenvalue weighted by atomic mass is 19.1. The van der Waals surface area contributed by atoms with Gasteiger partial charge < -0.3 is 24.0 Å². The molecular formula is C37H40F2N8O5. The fraction of sp³-hybridized carbons (Fsp3) is 0.378. The number of ether oxygens (including phenoxy) is 3. The van der Waals surface area contributed by atoms with Crippen molar-refractivity contribution in [1.82, 2.24) is 29.1 Å². The molecule has 2 saturated heterocycles. The van der Waals surface area contributed by atoms with Gasteiger partial charge in [0.15, 0.2) is 5.78 Å². The summed E-state index contributed by atoms with van der Waals surface area (Å²) in [6, 6.07) is 18.9. The van der Waals surface area contributed by atoms with Gasteiger partial charge >= 0.3 is 5.69 Å². The molecule has 2 aliphatic heterocycles. The summed E-state index contributed by atoms with van der Waals surface area (Å²) in [4.78, 5) is 33.9. The number of aromatic nitrogens is 6. The van der Waals surface area contributed by atoms with Crippen LogP contribution in [0.4, 0.5) is 20.2 Å². The number of hydrogen-bond acceptors (Lipinski definition) is 10. The molecule has 2 aliphatic rings. The van der Waals surface area contributed by atoms with Crippen molar-refractivity contribution in [2.45, 2.75) is 45.8 Å². The lowest BCUT2D eigenvalue weighted by molar-refractivity contribution is -0.192. The normalized spacial score (nSPS) is 19.3. The monoisotopic (exact) mass is 714 g/mol. The number of hydrogen-bond donors (Lipinski definition) is 0. The van der Waals surface area contributed by atoms with E-state index in [9.17, 15) is 18.4 Å². The lowest BCUT2D eigenvalue weighted by atomic mass is 9.91. The highest BCUT2D eigenvalue weighted by molar-refractivity contribution is 5.83. The van der Waals surface area contributed by atoms with Crippen molar-refractivity contribution in [3.8, 4) is 11.4 Å². The third-order valence-electron chi connectivity index (χ3n) is 9.31. The molecule has 0 radical (unpaired) electrons. The second-order valence-corrected chi connectivity index (χ2v) is 13.9. The van der Waals surface area contributed by atoms with Gasteiger partial charge in [-0.3, -0.25) is 4.79 Å². The number of carbonyl (C=O) groups excluding carboxylic acids is 1. The molecule has 0 saturated carbocycles. The number of rotatable bonds is 11. The van der Waals surface area contributed by atoms with Crippen LogP contribution in [0.25, 0.3) is 5.69 Å². The van der Waals surface area contributed by atoms with E-state index in [4.69, 9.17) is 14.2 Å². The third kappa shape index (κ3) is 7.46. The molecule has 0 aliphatic carbocycles. The summed E-state index contributed by atoms with van der Waals surface area (Å²) < 4.78 is 51.0. The fourth-order valence-corrected chi connectivity index (χ4v) is 6.27. The molecule has 52 heavy (non-hydrogen) atoms. The summed E-state index contributed by atoms with van der Waals surface area (Å²) in [6.45, 7) is 8.99. The zero-order valence-electron chi connectivity index (χ0n) is 29.2. The number of halogens is 2. The number of Topliss-reactive ketones (excluding diaryl/α,β-unsaturated/α-hetero) is 1. The Morgan fingerprint density at radius 3 is 2.17 bits per heavy atom. The summed E-state index contributed by atoms with van der Waals surface area (Å²) in [7, 11) is 0. The number of anilines is 2. The first kappa shape index (κ1) is 35.0. The van der Waals surface area contributed by atoms with Gasteiger partial charge in [0, 0.05) is 54.6 Å². The van der Waals surface area contributed by atoms with Crippen molar-refractivity contribution in [3.05, 3.63) is 113 Å². The van der Waals surface area contributed by atoms with Gasteiger partial charge in [0.05, 0.1) is 12.3 Å². The van der Waals surface area contributed by atoms with Crippen LogP contribution in [0.15, 0.2) is 90.5 Å². The first-order chi connectivity index (χ1) is 25.0. The highest BCUT2D eigenvalue weighted by Crippen LogP contribution is 2.38. The van der Waals surface area contributed by atoms with Crippen LogP contribution in [0.1, 0.15) is 26.3 Å². The molecule has 7 rings (SSSR count). The molecule has 0 amide bonds. The molecule has 0 bridgehead atoms. The molecule has 0 spiro atoms. The average Bonchev–Trinajstić information content (AvgIpc) is 3.89. The minimum atomic E-state index is -1.52. The van der Waals surface area contributed by atoms with Crippen molar-refractivity contribution in [1.29, 1.82) is 0 Å². The molecule has 4 heterocycles.